The maximum Gasteiger partial charge on any atom is 0.236 e. The molecule has 2 heterocycles. The zero-order chi connectivity index (χ0) is 23.9. The number of nitrogens with zero attached hydrogens (tertiary/aromatic N) is 4. The minimum Gasteiger partial charge on any atom is -0.493 e. The van der Waals surface area contributed by atoms with Gasteiger partial charge in [0.2, 0.25) is 5.91 Å². The van der Waals surface area contributed by atoms with E-state index in [9.17, 15) is 4.79 Å². The average molecular weight is 516 g/mol. The van der Waals surface area contributed by atoms with E-state index >= 15 is 0 Å². The predicted molar refractivity (Wildman–Crippen MR) is 135 cm³/mol. The molecule has 0 fully saturated rings. The summed E-state index contributed by atoms with van der Waals surface area (Å²) in [6.45, 7) is 2.88. The normalized spacial score (nSPS) is 10.8. The first kappa shape index (κ1) is 24.1. The van der Waals surface area contributed by atoms with E-state index < -0.39 is 0 Å². The summed E-state index contributed by atoms with van der Waals surface area (Å²) in [7, 11) is 1.60. The molecule has 8 nitrogen and oxygen atoms in total. The van der Waals surface area contributed by atoms with Gasteiger partial charge in [0.05, 0.1) is 18.6 Å². The lowest BCUT2D eigenvalue weighted by atomic mass is 10.2. The van der Waals surface area contributed by atoms with Gasteiger partial charge in [0.1, 0.15) is 6.61 Å². The monoisotopic (exact) mass is 515 g/mol. The van der Waals surface area contributed by atoms with Crippen molar-refractivity contribution >= 4 is 45.7 Å². The van der Waals surface area contributed by atoms with Crippen LogP contribution in [0.1, 0.15) is 12.7 Å². The molecule has 0 unspecified atom stereocenters. The van der Waals surface area contributed by atoms with E-state index in [1.807, 2.05) is 65.4 Å². The van der Waals surface area contributed by atoms with Gasteiger partial charge in [-0.05, 0) is 31.2 Å². The topological polar surface area (TPSA) is 91.2 Å². The quantitative estimate of drug-likeness (QED) is 0.283. The van der Waals surface area contributed by atoms with Crippen molar-refractivity contribution in [3.8, 4) is 22.8 Å². The number of aromatic nitrogens is 4. The number of nitrogens with one attached hydrogen (secondary N) is 1. The summed E-state index contributed by atoms with van der Waals surface area (Å²) >= 11 is 8.62. The summed E-state index contributed by atoms with van der Waals surface area (Å²) in [6, 6.07) is 14.8. The molecule has 0 atom stereocenters. The van der Waals surface area contributed by atoms with Crippen LogP contribution in [-0.2, 0) is 17.9 Å². The summed E-state index contributed by atoms with van der Waals surface area (Å²) < 4.78 is 13.1. The number of halogens is 1. The highest BCUT2D eigenvalue weighted by atomic mass is 35.5. The molecule has 0 radical (unpaired) electrons. The number of hydrogen-bond acceptors (Lipinski definition) is 8. The lowest BCUT2D eigenvalue weighted by Gasteiger charge is -2.11. The highest BCUT2D eigenvalue weighted by molar-refractivity contribution is 7.99. The van der Waals surface area contributed by atoms with Crippen LogP contribution in [-0.4, -0.2) is 38.5 Å². The van der Waals surface area contributed by atoms with E-state index in [1.165, 1.54) is 23.1 Å². The summed E-state index contributed by atoms with van der Waals surface area (Å²) in [4.78, 5) is 17.0. The lowest BCUT2D eigenvalue weighted by molar-refractivity contribution is -0.113. The van der Waals surface area contributed by atoms with Crippen molar-refractivity contribution in [1.82, 2.24) is 19.7 Å². The van der Waals surface area contributed by atoms with Crippen LogP contribution >= 0.6 is 34.7 Å². The standard InChI is InChI=1S/C23H22ClN5O3S2/c1-3-29-20(12-32-19-7-5-4-6-18(19)31-2)27-28-23(29)34-14-21(30)26-22-25-17(13-33-22)15-8-10-16(24)11-9-15/h4-11,13H,3,12,14H2,1-2H3,(H,25,26,30). The molecule has 1 N–H and O–H groups in total. The van der Waals surface area contributed by atoms with Gasteiger partial charge in [0.25, 0.3) is 0 Å². The molecule has 0 saturated heterocycles. The second kappa shape index (κ2) is 11.4. The van der Waals surface area contributed by atoms with Crippen LogP contribution in [0.3, 0.4) is 0 Å². The number of para-hydroxylation sites is 2. The van der Waals surface area contributed by atoms with E-state index in [2.05, 4.69) is 20.5 Å². The summed E-state index contributed by atoms with van der Waals surface area (Å²) in [5, 5.41) is 15.1. The molecule has 176 valence electrons. The van der Waals surface area contributed by atoms with Gasteiger partial charge in [0.15, 0.2) is 27.6 Å². The number of amides is 1. The highest BCUT2D eigenvalue weighted by Gasteiger charge is 2.15. The van der Waals surface area contributed by atoms with Crippen LogP contribution in [0, 0.1) is 0 Å². The van der Waals surface area contributed by atoms with Gasteiger partial charge in [-0.15, -0.1) is 21.5 Å². The molecule has 34 heavy (non-hydrogen) atoms. The number of carbonyl (C=O) groups is 1. The van der Waals surface area contributed by atoms with Crippen LogP contribution in [0.4, 0.5) is 5.13 Å². The Labute approximate surface area is 210 Å². The number of thiazole rings is 1. The summed E-state index contributed by atoms with van der Waals surface area (Å²) in [5.74, 6) is 1.97. The van der Waals surface area contributed by atoms with E-state index in [0.29, 0.717) is 39.2 Å². The smallest absolute Gasteiger partial charge is 0.236 e. The van der Waals surface area contributed by atoms with Crippen molar-refractivity contribution in [2.45, 2.75) is 25.2 Å². The second-order valence-electron chi connectivity index (χ2n) is 6.96. The Balaban J connectivity index is 1.33. The van der Waals surface area contributed by atoms with Crippen LogP contribution in [0.15, 0.2) is 59.1 Å². The molecule has 4 aromatic rings. The largest absolute Gasteiger partial charge is 0.493 e. The number of ether oxygens (including phenoxy) is 2. The molecule has 2 aromatic heterocycles. The zero-order valence-corrected chi connectivity index (χ0v) is 20.9. The molecule has 0 aliphatic heterocycles. The number of hydrogen-bond donors (Lipinski definition) is 1. The number of rotatable bonds is 10. The van der Waals surface area contributed by atoms with Crippen molar-refractivity contribution in [3.63, 3.8) is 0 Å². The highest BCUT2D eigenvalue weighted by Crippen LogP contribution is 2.28. The minimum atomic E-state index is -0.167. The van der Waals surface area contributed by atoms with Crippen LogP contribution in [0.25, 0.3) is 11.3 Å². The Morgan fingerprint density at radius 1 is 1.15 bits per heavy atom. The molecule has 0 saturated carbocycles. The third-order valence-corrected chi connectivity index (χ3v) is 6.73. The summed E-state index contributed by atoms with van der Waals surface area (Å²) in [5.41, 5.74) is 1.73. The Kier molecular flexibility index (Phi) is 8.04. The fourth-order valence-corrected chi connectivity index (χ4v) is 4.78. The number of thioether (sulfide) groups is 1. The molecule has 11 heteroatoms. The van der Waals surface area contributed by atoms with E-state index in [-0.39, 0.29) is 18.3 Å². The molecular formula is C23H22ClN5O3S2. The van der Waals surface area contributed by atoms with E-state index in [0.717, 1.165) is 11.3 Å². The lowest BCUT2D eigenvalue weighted by Crippen LogP contribution is -2.14. The van der Waals surface area contributed by atoms with Gasteiger partial charge in [-0.3, -0.25) is 4.79 Å². The van der Waals surface area contributed by atoms with Crippen LogP contribution in [0.5, 0.6) is 11.5 Å². The number of carbonyl (C=O) groups excluding carboxylic acids is 1. The second-order valence-corrected chi connectivity index (χ2v) is 9.20. The first-order valence-corrected chi connectivity index (χ1v) is 12.6. The zero-order valence-electron chi connectivity index (χ0n) is 18.5. The fraction of sp³-hybridized carbons (Fsp3) is 0.217. The fourth-order valence-electron chi connectivity index (χ4n) is 3.10. The Morgan fingerprint density at radius 3 is 2.65 bits per heavy atom. The molecule has 0 bridgehead atoms. The first-order valence-electron chi connectivity index (χ1n) is 10.4. The van der Waals surface area contributed by atoms with Gasteiger partial charge in [-0.25, -0.2) is 4.98 Å². The summed E-state index contributed by atoms with van der Waals surface area (Å²) in [6.07, 6.45) is 0. The van der Waals surface area contributed by atoms with Gasteiger partial charge in [0, 0.05) is 22.5 Å². The Bertz CT molecular complexity index is 1260. The maximum absolute atomic E-state index is 12.5. The van der Waals surface area contributed by atoms with Crippen LogP contribution in [0.2, 0.25) is 5.02 Å². The SMILES string of the molecule is CCn1c(COc2ccccc2OC)nnc1SCC(=O)Nc1nc(-c2ccc(Cl)cc2)cs1. The van der Waals surface area contributed by atoms with Gasteiger partial charge >= 0.3 is 0 Å². The minimum absolute atomic E-state index is 0.167. The molecule has 4 rings (SSSR count). The molecule has 0 aliphatic carbocycles. The first-order chi connectivity index (χ1) is 16.6. The van der Waals surface area contributed by atoms with Crippen molar-refractivity contribution in [1.29, 1.82) is 0 Å². The number of methoxy groups -OCH3 is 1. The third-order valence-electron chi connectivity index (χ3n) is 4.76. The molecule has 2 aromatic carbocycles. The van der Waals surface area contributed by atoms with Crippen molar-refractivity contribution < 1.29 is 14.3 Å². The van der Waals surface area contributed by atoms with Crippen molar-refractivity contribution in [2.24, 2.45) is 0 Å². The third kappa shape index (κ3) is 5.88. The maximum atomic E-state index is 12.5. The molecular weight excluding hydrogens is 494 g/mol. The predicted octanol–water partition coefficient (Wildman–Crippen LogP) is 5.39. The Morgan fingerprint density at radius 2 is 1.91 bits per heavy atom. The van der Waals surface area contributed by atoms with Crippen LogP contribution < -0.4 is 14.8 Å². The van der Waals surface area contributed by atoms with E-state index in [1.54, 1.807) is 7.11 Å². The van der Waals surface area contributed by atoms with Gasteiger partial charge < -0.3 is 19.4 Å². The average Bonchev–Trinajstić information content (AvgIpc) is 3.48. The van der Waals surface area contributed by atoms with Crippen molar-refractivity contribution in [2.75, 3.05) is 18.2 Å². The molecule has 0 spiro atoms. The number of benzene rings is 2. The van der Waals surface area contributed by atoms with E-state index in [4.69, 9.17) is 21.1 Å². The van der Waals surface area contributed by atoms with Crippen molar-refractivity contribution in [3.05, 3.63) is 64.8 Å². The number of anilines is 1. The molecule has 1 amide bonds. The van der Waals surface area contributed by atoms with Gasteiger partial charge in [-0.1, -0.05) is 47.6 Å². The Hall–Kier alpha value is -3.08. The van der Waals surface area contributed by atoms with Gasteiger partial charge in [-0.2, -0.15) is 0 Å². The molecule has 0 aliphatic rings.